The summed E-state index contributed by atoms with van der Waals surface area (Å²) in [6.45, 7) is 3.42. The van der Waals surface area contributed by atoms with Gasteiger partial charge >= 0.3 is 0 Å². The molecule has 0 aromatic heterocycles. The van der Waals surface area contributed by atoms with Crippen molar-refractivity contribution in [3.05, 3.63) is 83.8 Å². The predicted octanol–water partition coefficient (Wildman–Crippen LogP) is 3.33. The molecule has 0 N–H and O–H groups in total. The highest BCUT2D eigenvalue weighted by Crippen LogP contribution is 2.30. The van der Waals surface area contributed by atoms with Gasteiger partial charge in [0.2, 0.25) is 0 Å². The fourth-order valence-electron chi connectivity index (χ4n) is 1.92. The van der Waals surface area contributed by atoms with Gasteiger partial charge in [-0.1, -0.05) is 67.2 Å². The average Bonchev–Trinajstić information content (AvgIpc) is 2.41. The van der Waals surface area contributed by atoms with Crippen LogP contribution in [0.15, 0.2) is 72.7 Å². The maximum absolute atomic E-state index is 12.2. The van der Waals surface area contributed by atoms with Crippen LogP contribution in [0.2, 0.25) is 0 Å². The van der Waals surface area contributed by atoms with Crippen molar-refractivity contribution in [2.75, 3.05) is 0 Å². The van der Waals surface area contributed by atoms with Gasteiger partial charge in [0.1, 0.15) is 5.25 Å². The Morgan fingerprint density at radius 3 is 1.56 bits per heavy atom. The number of rotatable bonds is 4. The van der Waals surface area contributed by atoms with Crippen molar-refractivity contribution in [3.63, 3.8) is 0 Å². The smallest absolute Gasteiger partial charge is 0.182 e. The molecule has 0 atom stereocenters. The first-order chi connectivity index (χ1) is 8.65. The quantitative estimate of drug-likeness (QED) is 0.843. The normalized spacial score (nSPS) is 11.4. The molecule has 18 heavy (non-hydrogen) atoms. The highest BCUT2D eigenvalue weighted by atomic mass is 32.2. The third-order valence-corrected chi connectivity index (χ3v) is 4.43. The van der Waals surface area contributed by atoms with Crippen LogP contribution in [0.1, 0.15) is 16.4 Å². The zero-order valence-corrected chi connectivity index (χ0v) is 10.7. The molecule has 0 spiro atoms. The Hall–Kier alpha value is -1.87. The second-order valence-corrected chi connectivity index (χ2v) is 5.94. The van der Waals surface area contributed by atoms with Gasteiger partial charge in [-0.2, -0.15) is 0 Å². The molecule has 0 fully saturated rings. The molecule has 0 amide bonds. The lowest BCUT2D eigenvalue weighted by atomic mass is 10.0. The van der Waals surface area contributed by atoms with Crippen molar-refractivity contribution in [1.29, 1.82) is 0 Å². The molecule has 2 aromatic carbocycles. The molecule has 92 valence electrons. The van der Waals surface area contributed by atoms with Crippen molar-refractivity contribution in [2.24, 2.45) is 0 Å². The molecule has 0 aliphatic heterocycles. The number of hydrogen-bond donors (Lipinski definition) is 0. The summed E-state index contributed by atoms with van der Waals surface area (Å²) in [5.74, 6) is 0. The second kappa shape index (κ2) is 5.19. The predicted molar refractivity (Wildman–Crippen MR) is 73.8 cm³/mol. The van der Waals surface area contributed by atoms with Crippen LogP contribution in [0.25, 0.3) is 0 Å². The lowest BCUT2D eigenvalue weighted by molar-refractivity contribution is 0.598. The van der Waals surface area contributed by atoms with Crippen molar-refractivity contribution in [3.8, 4) is 0 Å². The summed E-state index contributed by atoms with van der Waals surface area (Å²) in [6, 6.07) is 18.4. The molecule has 2 nitrogen and oxygen atoms in total. The topological polar surface area (TPSA) is 34.1 Å². The molecule has 2 rings (SSSR count). The van der Waals surface area contributed by atoms with Crippen LogP contribution in [0.4, 0.5) is 0 Å². The molecular weight excluding hydrogens is 244 g/mol. The Bertz CT molecular complexity index is 577. The zero-order chi connectivity index (χ0) is 13.0. The second-order valence-electron chi connectivity index (χ2n) is 3.96. The van der Waals surface area contributed by atoms with E-state index in [1.807, 2.05) is 60.7 Å². The van der Waals surface area contributed by atoms with Crippen LogP contribution in [-0.4, -0.2) is 8.42 Å². The van der Waals surface area contributed by atoms with Crippen molar-refractivity contribution in [1.82, 2.24) is 0 Å². The van der Waals surface area contributed by atoms with Gasteiger partial charge in [0, 0.05) is 5.41 Å². The maximum Gasteiger partial charge on any atom is 0.182 e. The van der Waals surface area contributed by atoms with Crippen LogP contribution in [0.5, 0.6) is 0 Å². The van der Waals surface area contributed by atoms with Crippen LogP contribution in [-0.2, 0) is 9.84 Å². The summed E-state index contributed by atoms with van der Waals surface area (Å²) in [4.78, 5) is 0. The van der Waals surface area contributed by atoms with E-state index >= 15 is 0 Å². The Kier molecular flexibility index (Phi) is 3.63. The highest BCUT2D eigenvalue weighted by Gasteiger charge is 2.25. The Morgan fingerprint density at radius 1 is 0.833 bits per heavy atom. The Labute approximate surface area is 108 Å². The molecule has 0 aliphatic rings. The van der Waals surface area contributed by atoms with Gasteiger partial charge in [0.25, 0.3) is 0 Å². The van der Waals surface area contributed by atoms with Gasteiger partial charge in [0.05, 0.1) is 0 Å². The fourth-order valence-corrected chi connectivity index (χ4v) is 3.19. The van der Waals surface area contributed by atoms with Crippen molar-refractivity contribution < 1.29 is 8.42 Å². The van der Waals surface area contributed by atoms with Crippen LogP contribution >= 0.6 is 0 Å². The fraction of sp³-hybridized carbons (Fsp3) is 0.0667. The number of benzene rings is 2. The summed E-state index contributed by atoms with van der Waals surface area (Å²) < 4.78 is 24.4. The zero-order valence-electron chi connectivity index (χ0n) is 9.86. The van der Waals surface area contributed by atoms with E-state index in [1.165, 1.54) is 0 Å². The van der Waals surface area contributed by atoms with E-state index in [1.54, 1.807) is 0 Å². The van der Waals surface area contributed by atoms with Gasteiger partial charge in [-0.3, -0.25) is 0 Å². The minimum atomic E-state index is -3.40. The van der Waals surface area contributed by atoms with Gasteiger partial charge in [-0.25, -0.2) is 8.42 Å². The Balaban J connectivity index is 2.60. The minimum absolute atomic E-state index is 0.683. The van der Waals surface area contributed by atoms with E-state index in [0.717, 1.165) is 16.5 Å². The average molecular weight is 258 g/mol. The monoisotopic (exact) mass is 258 g/mol. The van der Waals surface area contributed by atoms with Gasteiger partial charge < -0.3 is 0 Å². The maximum atomic E-state index is 12.2. The van der Waals surface area contributed by atoms with E-state index in [-0.39, 0.29) is 0 Å². The van der Waals surface area contributed by atoms with Crippen LogP contribution in [0, 0.1) is 0 Å². The first kappa shape index (κ1) is 12.6. The van der Waals surface area contributed by atoms with E-state index < -0.39 is 15.1 Å². The van der Waals surface area contributed by atoms with Crippen LogP contribution in [0.3, 0.4) is 0 Å². The summed E-state index contributed by atoms with van der Waals surface area (Å²) >= 11 is 0. The summed E-state index contributed by atoms with van der Waals surface area (Å²) in [6.07, 6.45) is 0. The lowest BCUT2D eigenvalue weighted by Crippen LogP contribution is -2.11. The number of sulfone groups is 1. The van der Waals surface area contributed by atoms with E-state index in [2.05, 4.69) is 6.58 Å². The van der Waals surface area contributed by atoms with Gasteiger partial charge in [-0.05, 0) is 11.1 Å². The molecule has 0 radical (unpaired) electrons. The molecule has 2 aromatic rings. The lowest BCUT2D eigenvalue weighted by Gasteiger charge is -2.16. The first-order valence-electron chi connectivity index (χ1n) is 5.61. The summed E-state index contributed by atoms with van der Waals surface area (Å²) in [5, 5.41) is 0.342. The molecule has 0 unspecified atom stereocenters. The third-order valence-electron chi connectivity index (χ3n) is 2.77. The molecule has 0 aliphatic carbocycles. The largest absolute Gasteiger partial charge is 0.223 e. The minimum Gasteiger partial charge on any atom is -0.223 e. The summed E-state index contributed by atoms with van der Waals surface area (Å²) in [5.41, 5.74) is 1.51. The molecule has 0 bridgehead atoms. The molecule has 3 heteroatoms. The molecule has 0 saturated carbocycles. The standard InChI is InChI=1S/C15H14O2S/c1-2-18(16,17)15(13-9-5-3-6-10-13)14-11-7-4-8-12-14/h2-12,15H,1H2. The van der Waals surface area contributed by atoms with Gasteiger partial charge in [-0.15, -0.1) is 0 Å². The molecular formula is C15H14O2S. The van der Waals surface area contributed by atoms with E-state index in [4.69, 9.17) is 0 Å². The number of hydrogen-bond acceptors (Lipinski definition) is 2. The van der Waals surface area contributed by atoms with Crippen LogP contribution < -0.4 is 0 Å². The van der Waals surface area contributed by atoms with E-state index in [0.29, 0.717) is 0 Å². The third kappa shape index (κ3) is 2.51. The van der Waals surface area contributed by atoms with Crippen molar-refractivity contribution >= 4 is 9.84 Å². The highest BCUT2D eigenvalue weighted by molar-refractivity contribution is 7.94. The Morgan fingerprint density at radius 2 is 1.22 bits per heavy atom. The van der Waals surface area contributed by atoms with E-state index in [9.17, 15) is 8.42 Å². The molecule has 0 saturated heterocycles. The summed E-state index contributed by atoms with van der Waals surface area (Å²) in [7, 11) is -3.40. The SMILES string of the molecule is C=CS(=O)(=O)C(c1ccccc1)c1ccccc1. The molecule has 0 heterocycles. The van der Waals surface area contributed by atoms with Gasteiger partial charge in [0.15, 0.2) is 9.84 Å². The first-order valence-corrected chi connectivity index (χ1v) is 7.22. The van der Waals surface area contributed by atoms with Crippen molar-refractivity contribution in [2.45, 2.75) is 5.25 Å².